The lowest BCUT2D eigenvalue weighted by Gasteiger charge is -2.04. The Kier molecular flexibility index (Phi) is 2.08. The maximum atomic E-state index is 4.29. The Balaban J connectivity index is 1.99. The van der Waals surface area contributed by atoms with Crippen molar-refractivity contribution >= 4 is 6.34 Å². The minimum Gasteiger partial charge on any atom is -0.374 e. The summed E-state index contributed by atoms with van der Waals surface area (Å²) >= 11 is 0. The highest BCUT2D eigenvalue weighted by Crippen LogP contribution is 2.06. The minimum atomic E-state index is 0.437. The van der Waals surface area contributed by atoms with Gasteiger partial charge in [-0.3, -0.25) is 4.99 Å². The molecule has 2 heteroatoms. The van der Waals surface area contributed by atoms with Gasteiger partial charge in [-0.2, -0.15) is 0 Å². The number of hydrogen-bond donors (Lipinski definition) is 1. The summed E-state index contributed by atoms with van der Waals surface area (Å²) in [7, 11) is 0. The molecule has 0 spiro atoms. The largest absolute Gasteiger partial charge is 0.374 e. The summed E-state index contributed by atoms with van der Waals surface area (Å²) < 4.78 is 0. The summed E-state index contributed by atoms with van der Waals surface area (Å²) in [6.45, 7) is 0.981. The van der Waals surface area contributed by atoms with Crippen molar-refractivity contribution in [3.8, 4) is 0 Å². The summed E-state index contributed by atoms with van der Waals surface area (Å²) in [6.07, 6.45) is 2.85. The van der Waals surface area contributed by atoms with Crippen LogP contribution in [0.1, 0.15) is 5.56 Å². The second-order valence-corrected chi connectivity index (χ2v) is 3.03. The Morgan fingerprint density at radius 1 is 1.33 bits per heavy atom. The molecule has 0 amide bonds. The molecule has 0 unspecified atom stereocenters. The van der Waals surface area contributed by atoms with Crippen molar-refractivity contribution in [2.45, 2.75) is 12.5 Å². The first kappa shape index (κ1) is 7.35. The summed E-state index contributed by atoms with van der Waals surface area (Å²) in [6, 6.07) is 10.9. The van der Waals surface area contributed by atoms with E-state index < -0.39 is 0 Å². The number of nitrogens with one attached hydrogen (secondary N) is 1. The smallest absolute Gasteiger partial charge is 0.0828 e. The van der Waals surface area contributed by atoms with Crippen LogP contribution in [0.4, 0.5) is 0 Å². The van der Waals surface area contributed by atoms with Crippen molar-refractivity contribution in [3.05, 3.63) is 35.9 Å². The Labute approximate surface area is 72.3 Å². The van der Waals surface area contributed by atoms with Crippen LogP contribution in [-0.4, -0.2) is 18.9 Å². The molecule has 1 atom stereocenters. The quantitative estimate of drug-likeness (QED) is 0.691. The Hall–Kier alpha value is -1.31. The molecule has 12 heavy (non-hydrogen) atoms. The lowest BCUT2D eigenvalue weighted by atomic mass is 10.1. The second-order valence-electron chi connectivity index (χ2n) is 3.03. The summed E-state index contributed by atoms with van der Waals surface area (Å²) in [4.78, 5) is 4.29. The van der Waals surface area contributed by atoms with Gasteiger partial charge < -0.3 is 5.32 Å². The van der Waals surface area contributed by atoms with Crippen molar-refractivity contribution in [1.29, 1.82) is 0 Å². The van der Waals surface area contributed by atoms with Crippen LogP contribution in [0.2, 0.25) is 0 Å². The van der Waals surface area contributed by atoms with E-state index in [1.807, 2.05) is 6.07 Å². The van der Waals surface area contributed by atoms with E-state index in [2.05, 4.69) is 34.6 Å². The Morgan fingerprint density at radius 2 is 2.17 bits per heavy atom. The molecule has 1 aromatic rings. The lowest BCUT2D eigenvalue weighted by molar-refractivity contribution is 0.693. The third-order valence-electron chi connectivity index (χ3n) is 2.04. The first-order valence-electron chi connectivity index (χ1n) is 4.24. The molecule has 0 bridgehead atoms. The zero-order valence-corrected chi connectivity index (χ0v) is 6.90. The van der Waals surface area contributed by atoms with Gasteiger partial charge in [-0.1, -0.05) is 30.3 Å². The summed E-state index contributed by atoms with van der Waals surface area (Å²) in [5.41, 5.74) is 1.36. The van der Waals surface area contributed by atoms with Gasteiger partial charge in [0, 0.05) is 6.54 Å². The number of rotatable bonds is 2. The van der Waals surface area contributed by atoms with Gasteiger partial charge >= 0.3 is 0 Å². The topological polar surface area (TPSA) is 24.4 Å². The predicted molar refractivity (Wildman–Crippen MR) is 50.4 cm³/mol. The van der Waals surface area contributed by atoms with Crippen LogP contribution in [0.3, 0.4) is 0 Å². The second kappa shape index (κ2) is 3.39. The zero-order valence-electron chi connectivity index (χ0n) is 6.90. The molecule has 0 saturated carbocycles. The maximum Gasteiger partial charge on any atom is 0.0828 e. The van der Waals surface area contributed by atoms with Crippen LogP contribution in [0.15, 0.2) is 35.3 Å². The number of benzene rings is 1. The number of hydrogen-bond acceptors (Lipinski definition) is 2. The molecule has 2 rings (SSSR count). The van der Waals surface area contributed by atoms with E-state index in [-0.39, 0.29) is 0 Å². The van der Waals surface area contributed by atoms with E-state index in [0.29, 0.717) is 6.04 Å². The van der Waals surface area contributed by atoms with Gasteiger partial charge in [0.15, 0.2) is 0 Å². The first-order valence-corrected chi connectivity index (χ1v) is 4.24. The van der Waals surface area contributed by atoms with Crippen molar-refractivity contribution < 1.29 is 0 Å². The van der Waals surface area contributed by atoms with E-state index in [0.717, 1.165) is 13.0 Å². The van der Waals surface area contributed by atoms with Gasteiger partial charge in [-0.05, 0) is 12.0 Å². The van der Waals surface area contributed by atoms with Crippen LogP contribution in [0, 0.1) is 0 Å². The molecular weight excluding hydrogens is 148 g/mol. The molecule has 2 nitrogen and oxygen atoms in total. The average molecular weight is 160 g/mol. The monoisotopic (exact) mass is 160 g/mol. The molecule has 1 aromatic carbocycles. The fourth-order valence-electron chi connectivity index (χ4n) is 1.41. The van der Waals surface area contributed by atoms with Crippen LogP contribution in [0.5, 0.6) is 0 Å². The molecule has 0 aromatic heterocycles. The molecule has 1 N–H and O–H groups in total. The van der Waals surface area contributed by atoms with Crippen molar-refractivity contribution in [3.63, 3.8) is 0 Å². The van der Waals surface area contributed by atoms with E-state index >= 15 is 0 Å². The van der Waals surface area contributed by atoms with Crippen LogP contribution in [-0.2, 0) is 6.42 Å². The third-order valence-corrected chi connectivity index (χ3v) is 2.04. The molecule has 1 aliphatic heterocycles. The van der Waals surface area contributed by atoms with Gasteiger partial charge in [-0.15, -0.1) is 0 Å². The number of nitrogens with zero attached hydrogens (tertiary/aromatic N) is 1. The molecule has 0 radical (unpaired) electrons. The van der Waals surface area contributed by atoms with Crippen LogP contribution in [0.25, 0.3) is 0 Å². The molecule has 0 aliphatic carbocycles. The minimum absolute atomic E-state index is 0.437. The SMILES string of the molecule is C1=N[C@H](Cc2ccccc2)CN1. The zero-order chi connectivity index (χ0) is 8.23. The van der Waals surface area contributed by atoms with Crippen molar-refractivity contribution in [1.82, 2.24) is 5.32 Å². The van der Waals surface area contributed by atoms with Crippen molar-refractivity contribution in [2.24, 2.45) is 4.99 Å². The van der Waals surface area contributed by atoms with Gasteiger partial charge in [0.1, 0.15) is 0 Å². The van der Waals surface area contributed by atoms with Gasteiger partial charge in [0.05, 0.1) is 12.4 Å². The molecule has 0 fully saturated rings. The van der Waals surface area contributed by atoms with Crippen molar-refractivity contribution in [2.75, 3.05) is 6.54 Å². The van der Waals surface area contributed by atoms with Gasteiger partial charge in [0.25, 0.3) is 0 Å². The highest BCUT2D eigenvalue weighted by Gasteiger charge is 2.09. The Morgan fingerprint density at radius 3 is 2.83 bits per heavy atom. The molecule has 1 aliphatic rings. The molecule has 0 saturated heterocycles. The standard InChI is InChI=1S/C10H12N2/c1-2-4-9(5-3-1)6-10-7-11-8-12-10/h1-5,8,10H,6-7H2,(H,11,12)/t10-/m1/s1. The van der Waals surface area contributed by atoms with Gasteiger partial charge in [0.2, 0.25) is 0 Å². The highest BCUT2D eigenvalue weighted by molar-refractivity contribution is 5.57. The molecular formula is C10H12N2. The van der Waals surface area contributed by atoms with Crippen LogP contribution >= 0.6 is 0 Å². The van der Waals surface area contributed by atoms with Crippen LogP contribution < -0.4 is 5.32 Å². The van der Waals surface area contributed by atoms with E-state index in [1.165, 1.54) is 5.56 Å². The fourth-order valence-corrected chi connectivity index (χ4v) is 1.41. The lowest BCUT2D eigenvalue weighted by Crippen LogP contribution is -2.17. The molecule has 1 heterocycles. The normalized spacial score (nSPS) is 20.8. The predicted octanol–water partition coefficient (Wildman–Crippen LogP) is 1.23. The van der Waals surface area contributed by atoms with E-state index in [4.69, 9.17) is 0 Å². The highest BCUT2D eigenvalue weighted by atomic mass is 15.0. The third kappa shape index (κ3) is 1.64. The maximum absolute atomic E-state index is 4.29. The average Bonchev–Trinajstić information content (AvgIpc) is 2.59. The summed E-state index contributed by atoms with van der Waals surface area (Å²) in [5, 5.41) is 3.10. The summed E-state index contributed by atoms with van der Waals surface area (Å²) in [5.74, 6) is 0. The van der Waals surface area contributed by atoms with E-state index in [9.17, 15) is 0 Å². The van der Waals surface area contributed by atoms with E-state index in [1.54, 1.807) is 6.34 Å². The number of aliphatic imine (C=N–C) groups is 1. The Bertz CT molecular complexity index is 266. The molecule has 62 valence electrons. The fraction of sp³-hybridized carbons (Fsp3) is 0.300. The first-order chi connectivity index (χ1) is 5.95. The van der Waals surface area contributed by atoms with Gasteiger partial charge in [-0.25, -0.2) is 0 Å².